The molecule has 0 bridgehead atoms. The first-order chi connectivity index (χ1) is 15.0. The standard InChI is InChI=1S/C22H19N5OS3/c1-12-4-7-15(8-5-12)27-14(3)25-26-22(27)30-11-18-23-20(28)19-16(10-29-21(19)24-18)17-9-6-13(2)31-17/h4-10H,11H2,1-3H3,(H,23,24,28). The highest BCUT2D eigenvalue weighted by Crippen LogP contribution is 2.35. The number of aryl methyl sites for hydroxylation is 3. The van der Waals surface area contributed by atoms with Crippen molar-refractivity contribution in [3.8, 4) is 16.1 Å². The van der Waals surface area contributed by atoms with Gasteiger partial charge in [-0.05, 0) is 45.0 Å². The Bertz CT molecular complexity index is 1440. The summed E-state index contributed by atoms with van der Waals surface area (Å²) in [5.74, 6) is 1.95. The summed E-state index contributed by atoms with van der Waals surface area (Å²) < 4.78 is 2.02. The van der Waals surface area contributed by atoms with Crippen molar-refractivity contribution in [1.82, 2.24) is 24.7 Å². The Morgan fingerprint density at radius 2 is 1.87 bits per heavy atom. The number of H-pyrrole nitrogens is 1. The van der Waals surface area contributed by atoms with E-state index in [1.165, 1.54) is 33.5 Å². The first-order valence-corrected chi connectivity index (χ1v) is 12.4. The maximum Gasteiger partial charge on any atom is 0.260 e. The minimum absolute atomic E-state index is 0.0981. The van der Waals surface area contributed by atoms with Crippen LogP contribution in [0.2, 0.25) is 0 Å². The number of hydrogen-bond donors (Lipinski definition) is 1. The number of thiophene rings is 2. The zero-order valence-corrected chi connectivity index (χ0v) is 19.6. The van der Waals surface area contributed by atoms with Gasteiger partial charge in [0.25, 0.3) is 5.56 Å². The molecule has 0 aliphatic rings. The average molecular weight is 466 g/mol. The Balaban J connectivity index is 1.44. The van der Waals surface area contributed by atoms with E-state index in [1.54, 1.807) is 11.3 Å². The molecular weight excluding hydrogens is 446 g/mol. The van der Waals surface area contributed by atoms with E-state index in [0.717, 1.165) is 31.9 Å². The van der Waals surface area contributed by atoms with Crippen molar-refractivity contribution in [3.05, 3.63) is 74.2 Å². The van der Waals surface area contributed by atoms with Gasteiger partial charge in [0, 0.05) is 26.4 Å². The summed E-state index contributed by atoms with van der Waals surface area (Å²) in [4.78, 5) is 23.6. The maximum absolute atomic E-state index is 12.9. The number of fused-ring (bicyclic) bond motifs is 1. The van der Waals surface area contributed by atoms with Crippen molar-refractivity contribution in [2.24, 2.45) is 0 Å². The van der Waals surface area contributed by atoms with Crippen LogP contribution in [0.5, 0.6) is 0 Å². The fraction of sp³-hybridized carbons (Fsp3) is 0.182. The molecule has 9 heteroatoms. The third-order valence-electron chi connectivity index (χ3n) is 4.92. The highest BCUT2D eigenvalue weighted by Gasteiger charge is 2.16. The van der Waals surface area contributed by atoms with Crippen molar-refractivity contribution >= 4 is 44.7 Å². The van der Waals surface area contributed by atoms with Crippen LogP contribution in [-0.2, 0) is 5.75 Å². The Hall–Kier alpha value is -2.75. The van der Waals surface area contributed by atoms with Crippen LogP contribution in [0, 0.1) is 20.8 Å². The lowest BCUT2D eigenvalue weighted by molar-refractivity contribution is 0.866. The molecule has 0 radical (unpaired) electrons. The smallest absolute Gasteiger partial charge is 0.260 e. The van der Waals surface area contributed by atoms with E-state index < -0.39 is 0 Å². The van der Waals surface area contributed by atoms with Crippen LogP contribution in [0.4, 0.5) is 0 Å². The summed E-state index contributed by atoms with van der Waals surface area (Å²) in [5.41, 5.74) is 3.08. The van der Waals surface area contributed by atoms with Crippen LogP contribution in [0.3, 0.4) is 0 Å². The Labute approximate surface area is 191 Å². The second kappa shape index (κ2) is 8.07. The first-order valence-electron chi connectivity index (χ1n) is 9.68. The van der Waals surface area contributed by atoms with Gasteiger partial charge in [-0.2, -0.15) is 0 Å². The molecule has 0 saturated heterocycles. The fourth-order valence-electron chi connectivity index (χ4n) is 3.38. The first kappa shape index (κ1) is 20.2. The fourth-order valence-corrected chi connectivity index (χ4v) is 6.17. The zero-order chi connectivity index (χ0) is 21.5. The molecule has 0 fully saturated rings. The number of rotatable bonds is 5. The summed E-state index contributed by atoms with van der Waals surface area (Å²) >= 11 is 4.70. The van der Waals surface area contributed by atoms with Crippen LogP contribution in [-0.4, -0.2) is 24.7 Å². The minimum Gasteiger partial charge on any atom is -0.309 e. The molecule has 0 atom stereocenters. The van der Waals surface area contributed by atoms with Crippen LogP contribution in [0.25, 0.3) is 26.3 Å². The number of nitrogens with zero attached hydrogens (tertiary/aromatic N) is 4. The number of hydrogen-bond acceptors (Lipinski definition) is 7. The molecule has 156 valence electrons. The molecule has 4 heterocycles. The third-order valence-corrected chi connectivity index (χ3v) is 7.77. The van der Waals surface area contributed by atoms with Gasteiger partial charge in [-0.1, -0.05) is 29.5 Å². The van der Waals surface area contributed by atoms with Gasteiger partial charge in [-0.15, -0.1) is 32.9 Å². The molecule has 0 saturated carbocycles. The van der Waals surface area contributed by atoms with Crippen LogP contribution in [0.1, 0.15) is 22.1 Å². The van der Waals surface area contributed by atoms with Gasteiger partial charge in [0.15, 0.2) is 5.16 Å². The summed E-state index contributed by atoms with van der Waals surface area (Å²) in [6.07, 6.45) is 0. The highest BCUT2D eigenvalue weighted by atomic mass is 32.2. The van der Waals surface area contributed by atoms with Gasteiger partial charge >= 0.3 is 0 Å². The summed E-state index contributed by atoms with van der Waals surface area (Å²) in [6.45, 7) is 6.06. The number of aromatic nitrogens is 5. The van der Waals surface area contributed by atoms with Gasteiger partial charge in [-0.3, -0.25) is 9.36 Å². The van der Waals surface area contributed by atoms with E-state index in [9.17, 15) is 4.79 Å². The summed E-state index contributed by atoms with van der Waals surface area (Å²) in [5, 5.41) is 12.0. The zero-order valence-electron chi connectivity index (χ0n) is 17.2. The van der Waals surface area contributed by atoms with Crippen molar-refractivity contribution in [1.29, 1.82) is 0 Å². The molecule has 0 spiro atoms. The van der Waals surface area contributed by atoms with Gasteiger partial charge in [0.2, 0.25) is 0 Å². The molecular formula is C22H19N5OS3. The van der Waals surface area contributed by atoms with Crippen LogP contribution >= 0.6 is 34.4 Å². The molecule has 0 unspecified atom stereocenters. The van der Waals surface area contributed by atoms with Gasteiger partial charge in [0.05, 0.1) is 11.1 Å². The lowest BCUT2D eigenvalue weighted by Gasteiger charge is -2.08. The SMILES string of the molecule is Cc1ccc(-n2c(C)nnc2SCc2nc3scc(-c4ccc(C)s4)c3c(=O)[nH]2)cc1. The quantitative estimate of drug-likeness (QED) is 0.346. The van der Waals surface area contributed by atoms with E-state index in [4.69, 9.17) is 4.98 Å². The molecule has 0 aliphatic heterocycles. The van der Waals surface area contributed by atoms with Crippen molar-refractivity contribution in [2.75, 3.05) is 0 Å². The topological polar surface area (TPSA) is 76.5 Å². The molecule has 31 heavy (non-hydrogen) atoms. The summed E-state index contributed by atoms with van der Waals surface area (Å²) in [7, 11) is 0. The molecule has 0 aliphatic carbocycles. The molecule has 4 aromatic heterocycles. The van der Waals surface area contributed by atoms with Gasteiger partial charge < -0.3 is 4.98 Å². The van der Waals surface area contributed by atoms with Gasteiger partial charge in [0.1, 0.15) is 16.5 Å². The Morgan fingerprint density at radius 1 is 1.06 bits per heavy atom. The van der Waals surface area contributed by atoms with Crippen LogP contribution < -0.4 is 5.56 Å². The average Bonchev–Trinajstić information content (AvgIpc) is 3.46. The van der Waals surface area contributed by atoms with E-state index in [2.05, 4.69) is 65.4 Å². The Morgan fingerprint density at radius 3 is 2.61 bits per heavy atom. The van der Waals surface area contributed by atoms with E-state index in [1.807, 2.05) is 16.9 Å². The van der Waals surface area contributed by atoms with E-state index in [-0.39, 0.29) is 5.56 Å². The third kappa shape index (κ3) is 3.84. The molecule has 1 N–H and O–H groups in total. The number of nitrogens with one attached hydrogen (secondary N) is 1. The lowest BCUT2D eigenvalue weighted by atomic mass is 10.2. The normalized spacial score (nSPS) is 11.5. The lowest BCUT2D eigenvalue weighted by Crippen LogP contribution is -2.10. The number of benzene rings is 1. The molecule has 5 aromatic rings. The predicted octanol–water partition coefficient (Wildman–Crippen LogP) is 5.51. The number of thioether (sulfide) groups is 1. The minimum atomic E-state index is -0.0981. The second-order valence-corrected chi connectivity index (χ2v) is 10.3. The largest absolute Gasteiger partial charge is 0.309 e. The monoisotopic (exact) mass is 465 g/mol. The highest BCUT2D eigenvalue weighted by molar-refractivity contribution is 7.98. The second-order valence-electron chi connectivity index (χ2n) is 7.24. The van der Waals surface area contributed by atoms with Crippen molar-refractivity contribution < 1.29 is 0 Å². The number of aromatic amines is 1. The van der Waals surface area contributed by atoms with Gasteiger partial charge in [-0.25, -0.2) is 4.98 Å². The van der Waals surface area contributed by atoms with Crippen LogP contribution in [0.15, 0.2) is 51.7 Å². The molecule has 1 aromatic carbocycles. The van der Waals surface area contributed by atoms with E-state index in [0.29, 0.717) is 17.0 Å². The maximum atomic E-state index is 12.9. The molecule has 0 amide bonds. The van der Waals surface area contributed by atoms with Crippen molar-refractivity contribution in [2.45, 2.75) is 31.7 Å². The van der Waals surface area contributed by atoms with E-state index >= 15 is 0 Å². The van der Waals surface area contributed by atoms with Crippen molar-refractivity contribution in [3.63, 3.8) is 0 Å². The summed E-state index contributed by atoms with van der Waals surface area (Å²) in [6, 6.07) is 12.4. The molecule has 5 rings (SSSR count). The predicted molar refractivity (Wildman–Crippen MR) is 129 cm³/mol. The Kier molecular flexibility index (Phi) is 5.25. The molecule has 6 nitrogen and oxygen atoms in total.